The number of carbonyl (C=O) groups excluding carboxylic acids is 1. The van der Waals surface area contributed by atoms with Gasteiger partial charge in [0, 0.05) is 25.6 Å². The van der Waals surface area contributed by atoms with E-state index in [-0.39, 0.29) is 17.7 Å². The standard InChI is InChI=1S/C25H25NO6/c1-31-24(21-12-13-22(32-21)25(29)30)19-11-14-23(28)26(19)18-9-7-17(8-10-18)20(27)15-16-5-3-2-4-6-16/h2-10,12-13,19-20,24,27H,11,14-15H2,1H3,(H,29,30)/t19?,20?,24-/m0/s1. The van der Waals surface area contributed by atoms with E-state index in [4.69, 9.17) is 14.3 Å². The number of aliphatic hydroxyl groups excluding tert-OH is 1. The molecule has 166 valence electrons. The molecule has 1 fully saturated rings. The topological polar surface area (TPSA) is 100 Å². The summed E-state index contributed by atoms with van der Waals surface area (Å²) >= 11 is 0. The molecule has 0 saturated carbocycles. The second-order valence-corrected chi connectivity index (χ2v) is 7.83. The van der Waals surface area contributed by atoms with Crippen LogP contribution in [0.25, 0.3) is 0 Å². The highest BCUT2D eigenvalue weighted by molar-refractivity contribution is 5.96. The van der Waals surface area contributed by atoms with Crippen molar-refractivity contribution in [1.82, 2.24) is 0 Å². The fourth-order valence-electron chi connectivity index (χ4n) is 4.22. The van der Waals surface area contributed by atoms with Crippen molar-refractivity contribution in [2.75, 3.05) is 12.0 Å². The summed E-state index contributed by atoms with van der Waals surface area (Å²) in [5.41, 5.74) is 2.50. The van der Waals surface area contributed by atoms with Crippen LogP contribution in [0.5, 0.6) is 0 Å². The number of aliphatic hydroxyl groups is 1. The number of carboxylic acid groups (broad SMARTS) is 1. The lowest BCUT2D eigenvalue weighted by atomic mass is 10.0. The van der Waals surface area contributed by atoms with Crippen molar-refractivity contribution in [1.29, 1.82) is 0 Å². The monoisotopic (exact) mass is 435 g/mol. The van der Waals surface area contributed by atoms with Crippen LogP contribution in [0, 0.1) is 0 Å². The summed E-state index contributed by atoms with van der Waals surface area (Å²) in [6, 6.07) is 19.7. The first-order valence-corrected chi connectivity index (χ1v) is 10.5. The number of anilines is 1. The SMILES string of the molecule is CO[C@H](c1ccc(C(=O)O)o1)C1CCC(=O)N1c1ccc(C(O)Cc2ccccc2)cc1. The summed E-state index contributed by atoms with van der Waals surface area (Å²) in [5.74, 6) is -1.01. The Morgan fingerprint density at radius 1 is 1.12 bits per heavy atom. The van der Waals surface area contributed by atoms with Crippen LogP contribution in [0.2, 0.25) is 0 Å². The van der Waals surface area contributed by atoms with Gasteiger partial charge in [-0.15, -0.1) is 0 Å². The van der Waals surface area contributed by atoms with Crippen LogP contribution >= 0.6 is 0 Å². The highest BCUT2D eigenvalue weighted by Gasteiger charge is 2.40. The Morgan fingerprint density at radius 3 is 2.47 bits per heavy atom. The van der Waals surface area contributed by atoms with Gasteiger partial charge in [0.15, 0.2) is 0 Å². The second kappa shape index (κ2) is 9.38. The molecule has 0 aliphatic carbocycles. The van der Waals surface area contributed by atoms with Crippen molar-refractivity contribution in [3.05, 3.63) is 89.4 Å². The molecule has 1 amide bonds. The minimum Gasteiger partial charge on any atom is -0.475 e. The van der Waals surface area contributed by atoms with Crippen LogP contribution in [-0.4, -0.2) is 35.2 Å². The molecule has 3 aromatic rings. The third kappa shape index (κ3) is 4.44. The lowest BCUT2D eigenvalue weighted by Gasteiger charge is -2.30. The predicted molar refractivity (Wildman–Crippen MR) is 117 cm³/mol. The summed E-state index contributed by atoms with van der Waals surface area (Å²) in [4.78, 5) is 25.5. The maximum Gasteiger partial charge on any atom is 0.371 e. The van der Waals surface area contributed by atoms with Crippen LogP contribution in [0.1, 0.15) is 52.5 Å². The minimum absolute atomic E-state index is 0.0420. The van der Waals surface area contributed by atoms with Crippen molar-refractivity contribution in [2.24, 2.45) is 0 Å². The molecule has 1 aliphatic rings. The van der Waals surface area contributed by atoms with Crippen molar-refractivity contribution in [3.8, 4) is 0 Å². The second-order valence-electron chi connectivity index (χ2n) is 7.83. The van der Waals surface area contributed by atoms with Gasteiger partial charge in [-0.25, -0.2) is 4.79 Å². The van der Waals surface area contributed by atoms with Gasteiger partial charge in [-0.3, -0.25) is 4.79 Å². The number of rotatable bonds is 8. The molecule has 2 unspecified atom stereocenters. The van der Waals surface area contributed by atoms with Crippen molar-refractivity contribution in [3.63, 3.8) is 0 Å². The van der Waals surface area contributed by atoms with E-state index in [1.807, 2.05) is 54.6 Å². The molecule has 3 atom stereocenters. The number of ether oxygens (including phenoxy) is 1. The van der Waals surface area contributed by atoms with Crippen LogP contribution < -0.4 is 4.90 Å². The molecule has 1 saturated heterocycles. The Balaban J connectivity index is 1.54. The summed E-state index contributed by atoms with van der Waals surface area (Å²) in [5, 5.41) is 19.7. The van der Waals surface area contributed by atoms with Crippen LogP contribution in [0.15, 0.2) is 71.1 Å². The molecule has 0 radical (unpaired) electrons. The zero-order valence-corrected chi connectivity index (χ0v) is 17.7. The lowest BCUT2D eigenvalue weighted by molar-refractivity contribution is -0.117. The fraction of sp³-hybridized carbons (Fsp3) is 0.280. The number of hydrogen-bond acceptors (Lipinski definition) is 5. The fourth-order valence-corrected chi connectivity index (χ4v) is 4.22. The first-order valence-electron chi connectivity index (χ1n) is 10.5. The first kappa shape index (κ1) is 21.8. The van der Waals surface area contributed by atoms with Gasteiger partial charge < -0.3 is 24.3 Å². The number of amides is 1. The molecule has 7 nitrogen and oxygen atoms in total. The Morgan fingerprint density at radius 2 is 1.84 bits per heavy atom. The maximum absolute atomic E-state index is 12.7. The first-order chi connectivity index (χ1) is 15.5. The van der Waals surface area contributed by atoms with Gasteiger partial charge in [-0.1, -0.05) is 42.5 Å². The number of benzene rings is 2. The Hall–Kier alpha value is -3.42. The molecule has 4 rings (SSSR count). The molecule has 2 N–H and O–H groups in total. The van der Waals surface area contributed by atoms with Gasteiger partial charge in [-0.05, 0) is 41.8 Å². The van der Waals surface area contributed by atoms with E-state index in [1.54, 1.807) is 11.0 Å². The number of carboxylic acids is 1. The predicted octanol–water partition coefficient (Wildman–Crippen LogP) is 4.14. The number of aromatic carboxylic acids is 1. The maximum atomic E-state index is 12.7. The van der Waals surface area contributed by atoms with Gasteiger partial charge >= 0.3 is 5.97 Å². The smallest absolute Gasteiger partial charge is 0.371 e. The van der Waals surface area contributed by atoms with Crippen molar-refractivity contribution >= 4 is 17.6 Å². The minimum atomic E-state index is -1.16. The molecule has 0 bridgehead atoms. The quantitative estimate of drug-likeness (QED) is 0.552. The zero-order valence-electron chi connectivity index (χ0n) is 17.7. The normalized spacial score (nSPS) is 18.0. The largest absolute Gasteiger partial charge is 0.475 e. The van der Waals surface area contributed by atoms with E-state index in [2.05, 4.69) is 0 Å². The van der Waals surface area contributed by atoms with Gasteiger partial charge in [0.05, 0.1) is 12.1 Å². The van der Waals surface area contributed by atoms with Crippen LogP contribution in [-0.2, 0) is 16.0 Å². The average molecular weight is 435 g/mol. The number of furan rings is 1. The molecular formula is C25H25NO6. The third-order valence-corrected chi connectivity index (χ3v) is 5.80. The molecule has 2 aromatic carbocycles. The number of hydrogen-bond donors (Lipinski definition) is 2. The van der Waals surface area contributed by atoms with E-state index in [0.717, 1.165) is 11.1 Å². The van der Waals surface area contributed by atoms with E-state index < -0.39 is 18.2 Å². The van der Waals surface area contributed by atoms with Gasteiger partial charge in [0.2, 0.25) is 11.7 Å². The summed E-state index contributed by atoms with van der Waals surface area (Å²) in [7, 11) is 1.51. The van der Waals surface area contributed by atoms with Gasteiger partial charge in [0.1, 0.15) is 11.9 Å². The van der Waals surface area contributed by atoms with E-state index >= 15 is 0 Å². The molecule has 32 heavy (non-hydrogen) atoms. The average Bonchev–Trinajstić information content (AvgIpc) is 3.43. The van der Waals surface area contributed by atoms with E-state index in [0.29, 0.717) is 30.7 Å². The molecule has 1 aliphatic heterocycles. The highest BCUT2D eigenvalue weighted by Crippen LogP contribution is 2.37. The van der Waals surface area contributed by atoms with Crippen LogP contribution in [0.3, 0.4) is 0 Å². The Labute approximate surface area is 185 Å². The van der Waals surface area contributed by atoms with E-state index in [9.17, 15) is 14.7 Å². The van der Waals surface area contributed by atoms with Crippen LogP contribution in [0.4, 0.5) is 5.69 Å². The summed E-state index contributed by atoms with van der Waals surface area (Å²) in [6.07, 6.45) is 0.161. The number of methoxy groups -OCH3 is 1. The van der Waals surface area contributed by atoms with Crippen molar-refractivity contribution in [2.45, 2.75) is 37.5 Å². The van der Waals surface area contributed by atoms with Crippen molar-refractivity contribution < 1.29 is 29.0 Å². The summed E-state index contributed by atoms with van der Waals surface area (Å²) in [6.45, 7) is 0. The Kier molecular flexibility index (Phi) is 6.39. The highest BCUT2D eigenvalue weighted by atomic mass is 16.5. The summed E-state index contributed by atoms with van der Waals surface area (Å²) < 4.78 is 11.1. The number of carbonyl (C=O) groups is 2. The zero-order chi connectivity index (χ0) is 22.7. The van der Waals surface area contributed by atoms with Gasteiger partial charge in [0.25, 0.3) is 0 Å². The molecule has 7 heteroatoms. The Bertz CT molecular complexity index is 1080. The van der Waals surface area contributed by atoms with E-state index in [1.165, 1.54) is 13.2 Å². The number of nitrogens with zero attached hydrogens (tertiary/aromatic N) is 1. The van der Waals surface area contributed by atoms with Gasteiger partial charge in [-0.2, -0.15) is 0 Å². The third-order valence-electron chi connectivity index (χ3n) is 5.80. The molecule has 2 heterocycles. The lowest BCUT2D eigenvalue weighted by Crippen LogP contribution is -2.37. The molecular weight excluding hydrogens is 410 g/mol. The molecule has 0 spiro atoms. The molecule has 1 aromatic heterocycles.